The number of nitrogens with one attached hydrogen (secondary N) is 1. The van der Waals surface area contributed by atoms with Crippen LogP contribution < -0.4 is 15.4 Å². The molecule has 0 saturated carbocycles. The largest absolute Gasteiger partial charge is 0.491 e. The van der Waals surface area contributed by atoms with E-state index >= 15 is 0 Å². The molecular formula is C19H25N5O2. The van der Waals surface area contributed by atoms with E-state index in [-0.39, 0.29) is 17.9 Å². The van der Waals surface area contributed by atoms with Crippen molar-refractivity contribution in [3.05, 3.63) is 41.9 Å². The molecule has 7 heteroatoms. The third-order valence-electron chi connectivity index (χ3n) is 4.38. The maximum atomic E-state index is 8.56. The van der Waals surface area contributed by atoms with E-state index in [2.05, 4.69) is 14.9 Å². The smallest absolute Gasteiger partial charge is 0.132 e. The van der Waals surface area contributed by atoms with Crippen LogP contribution in [0.5, 0.6) is 5.75 Å². The summed E-state index contributed by atoms with van der Waals surface area (Å²) in [5.41, 5.74) is 7.99. The molecular weight excluding hydrogens is 330 g/mol. The molecule has 1 fully saturated rings. The minimum absolute atomic E-state index is 0.0511. The number of aromatic nitrogens is 2. The number of nitrogens with two attached hydrogens (primary N) is 1. The highest BCUT2D eigenvalue weighted by Gasteiger charge is 2.24. The number of nitrogen functional groups attached to an aromatic ring is 1. The van der Waals surface area contributed by atoms with Gasteiger partial charge in [-0.25, -0.2) is 9.97 Å². The van der Waals surface area contributed by atoms with Gasteiger partial charge in [0.15, 0.2) is 0 Å². The Balaban J connectivity index is 1.85. The van der Waals surface area contributed by atoms with Gasteiger partial charge in [-0.15, -0.1) is 0 Å². The fourth-order valence-corrected chi connectivity index (χ4v) is 3.02. The molecule has 2 aromatic rings. The summed E-state index contributed by atoms with van der Waals surface area (Å²) in [6.45, 7) is 5.59. The summed E-state index contributed by atoms with van der Waals surface area (Å²) in [5.74, 6) is 1.48. The lowest BCUT2D eigenvalue weighted by atomic mass is 10.0. The van der Waals surface area contributed by atoms with Gasteiger partial charge in [0.05, 0.1) is 23.6 Å². The van der Waals surface area contributed by atoms with Crippen LogP contribution in [0.15, 0.2) is 30.6 Å². The monoisotopic (exact) mass is 355 g/mol. The van der Waals surface area contributed by atoms with Crippen LogP contribution >= 0.6 is 0 Å². The Morgan fingerprint density at radius 1 is 1.31 bits per heavy atom. The van der Waals surface area contributed by atoms with E-state index in [9.17, 15) is 0 Å². The number of rotatable bonds is 6. The lowest BCUT2D eigenvalue weighted by Gasteiger charge is -2.18. The molecule has 1 aliphatic heterocycles. The van der Waals surface area contributed by atoms with Crippen molar-refractivity contribution in [2.24, 2.45) is 0 Å². The van der Waals surface area contributed by atoms with Gasteiger partial charge in [0.25, 0.3) is 0 Å². The first kappa shape index (κ1) is 18.1. The average molecular weight is 355 g/mol. The van der Waals surface area contributed by atoms with E-state index in [1.165, 1.54) is 6.33 Å². The first-order chi connectivity index (χ1) is 12.5. The van der Waals surface area contributed by atoms with Gasteiger partial charge in [-0.2, -0.15) is 0 Å². The van der Waals surface area contributed by atoms with Crippen molar-refractivity contribution in [2.75, 3.05) is 30.8 Å². The Labute approximate surface area is 153 Å². The second-order valence-electron chi connectivity index (χ2n) is 6.64. The molecule has 0 bridgehead atoms. The van der Waals surface area contributed by atoms with Gasteiger partial charge < -0.3 is 20.1 Å². The van der Waals surface area contributed by atoms with Crippen molar-refractivity contribution < 1.29 is 9.47 Å². The van der Waals surface area contributed by atoms with Gasteiger partial charge in [0.2, 0.25) is 0 Å². The number of anilines is 2. The van der Waals surface area contributed by atoms with Crippen LogP contribution in [0.2, 0.25) is 0 Å². The van der Waals surface area contributed by atoms with Crippen LogP contribution in [-0.2, 0) is 4.74 Å². The van der Waals surface area contributed by atoms with Crippen LogP contribution in [-0.4, -0.2) is 48.1 Å². The first-order valence-corrected chi connectivity index (χ1v) is 8.73. The molecule has 1 saturated heterocycles. The van der Waals surface area contributed by atoms with Crippen molar-refractivity contribution in [3.8, 4) is 5.75 Å². The van der Waals surface area contributed by atoms with Gasteiger partial charge in [0.1, 0.15) is 17.9 Å². The second-order valence-corrected chi connectivity index (χ2v) is 6.64. The number of hydrogen-bond donors (Lipinski definition) is 2. The Hall–Kier alpha value is -2.67. The van der Waals surface area contributed by atoms with E-state index in [0.717, 1.165) is 25.3 Å². The SMILES string of the molecule is CO[C@@H]1CCN(c2cc(C(=N)c3cc(OC(C)C)ccc3N)ncn2)C1. The zero-order valence-corrected chi connectivity index (χ0v) is 15.4. The summed E-state index contributed by atoms with van der Waals surface area (Å²) in [5, 5.41) is 8.56. The number of benzene rings is 1. The van der Waals surface area contributed by atoms with Gasteiger partial charge in [-0.3, -0.25) is 5.41 Å². The maximum Gasteiger partial charge on any atom is 0.132 e. The molecule has 138 valence electrons. The Bertz CT molecular complexity index is 793. The standard InChI is InChI=1S/C19H25N5O2/c1-12(2)26-13-4-5-16(20)15(8-13)19(21)17-9-18(23-11-22-17)24-7-6-14(10-24)25-3/h4-5,8-9,11-12,14,21H,6-7,10,20H2,1-3H3/t14-/m1/s1. The molecule has 26 heavy (non-hydrogen) atoms. The van der Waals surface area contributed by atoms with Crippen molar-refractivity contribution >= 4 is 17.2 Å². The van der Waals surface area contributed by atoms with Crippen LogP contribution in [0.25, 0.3) is 0 Å². The predicted octanol–water partition coefficient (Wildman–Crippen LogP) is 2.49. The zero-order valence-electron chi connectivity index (χ0n) is 15.4. The molecule has 0 spiro atoms. The van der Waals surface area contributed by atoms with Crippen LogP contribution in [0.1, 0.15) is 31.5 Å². The molecule has 1 atom stereocenters. The van der Waals surface area contributed by atoms with Crippen LogP contribution in [0.3, 0.4) is 0 Å². The highest BCUT2D eigenvalue weighted by Crippen LogP contribution is 2.25. The van der Waals surface area contributed by atoms with Gasteiger partial charge in [-0.1, -0.05) is 0 Å². The van der Waals surface area contributed by atoms with Crippen molar-refractivity contribution in [3.63, 3.8) is 0 Å². The molecule has 1 aromatic carbocycles. The molecule has 1 aromatic heterocycles. The number of nitrogens with zero attached hydrogens (tertiary/aromatic N) is 3. The van der Waals surface area contributed by atoms with Crippen molar-refractivity contribution in [1.82, 2.24) is 9.97 Å². The number of hydrogen-bond acceptors (Lipinski definition) is 7. The molecule has 2 heterocycles. The highest BCUT2D eigenvalue weighted by molar-refractivity contribution is 6.13. The molecule has 0 unspecified atom stereocenters. The second kappa shape index (κ2) is 7.70. The lowest BCUT2D eigenvalue weighted by molar-refractivity contribution is 0.121. The van der Waals surface area contributed by atoms with Gasteiger partial charge in [-0.05, 0) is 38.5 Å². The maximum absolute atomic E-state index is 8.56. The Morgan fingerprint density at radius 3 is 2.81 bits per heavy atom. The molecule has 3 rings (SSSR count). The van der Waals surface area contributed by atoms with Gasteiger partial charge >= 0.3 is 0 Å². The summed E-state index contributed by atoms with van der Waals surface area (Å²) in [6, 6.07) is 7.19. The summed E-state index contributed by atoms with van der Waals surface area (Å²) in [6.07, 6.45) is 2.72. The fourth-order valence-electron chi connectivity index (χ4n) is 3.02. The normalized spacial score (nSPS) is 16.9. The fraction of sp³-hybridized carbons (Fsp3) is 0.421. The summed E-state index contributed by atoms with van der Waals surface area (Å²) >= 11 is 0. The Kier molecular flexibility index (Phi) is 5.37. The summed E-state index contributed by atoms with van der Waals surface area (Å²) < 4.78 is 11.1. The summed E-state index contributed by atoms with van der Waals surface area (Å²) in [4.78, 5) is 10.8. The third kappa shape index (κ3) is 3.94. The van der Waals surface area contributed by atoms with E-state index in [1.54, 1.807) is 19.2 Å². The van der Waals surface area contributed by atoms with Crippen LogP contribution in [0.4, 0.5) is 11.5 Å². The molecule has 7 nitrogen and oxygen atoms in total. The van der Waals surface area contributed by atoms with E-state index in [4.69, 9.17) is 20.6 Å². The quantitative estimate of drug-likeness (QED) is 0.610. The average Bonchev–Trinajstić information content (AvgIpc) is 3.12. The van der Waals surface area contributed by atoms with Gasteiger partial charge in [0, 0.05) is 37.5 Å². The van der Waals surface area contributed by atoms with E-state index < -0.39 is 0 Å². The lowest BCUT2D eigenvalue weighted by Crippen LogP contribution is -2.23. The highest BCUT2D eigenvalue weighted by atomic mass is 16.5. The minimum atomic E-state index is 0.0511. The summed E-state index contributed by atoms with van der Waals surface area (Å²) in [7, 11) is 1.73. The third-order valence-corrected chi connectivity index (χ3v) is 4.38. The first-order valence-electron chi connectivity index (χ1n) is 8.73. The molecule has 0 aliphatic carbocycles. The number of methoxy groups -OCH3 is 1. The molecule has 0 radical (unpaired) electrons. The van der Waals surface area contributed by atoms with E-state index in [1.807, 2.05) is 26.0 Å². The molecule has 3 N–H and O–H groups in total. The molecule has 0 amide bonds. The Morgan fingerprint density at radius 2 is 2.12 bits per heavy atom. The zero-order chi connectivity index (χ0) is 18.7. The van der Waals surface area contributed by atoms with Crippen molar-refractivity contribution in [2.45, 2.75) is 32.5 Å². The van der Waals surface area contributed by atoms with Crippen molar-refractivity contribution in [1.29, 1.82) is 5.41 Å². The predicted molar refractivity (Wildman–Crippen MR) is 102 cm³/mol. The minimum Gasteiger partial charge on any atom is -0.491 e. The molecule has 1 aliphatic rings. The van der Waals surface area contributed by atoms with E-state index in [0.29, 0.717) is 22.7 Å². The van der Waals surface area contributed by atoms with Crippen LogP contribution in [0, 0.1) is 5.41 Å². The topological polar surface area (TPSA) is 97.3 Å². The number of ether oxygens (including phenoxy) is 2.